The molecule has 0 aliphatic heterocycles. The Bertz CT molecular complexity index is 1180. The van der Waals surface area contributed by atoms with Crippen LogP contribution in [0.1, 0.15) is 0 Å². The highest BCUT2D eigenvalue weighted by atomic mass is 127. The Morgan fingerprint density at radius 3 is 2.48 bits per heavy atom. The van der Waals surface area contributed by atoms with Gasteiger partial charge in [-0.1, -0.05) is 30.3 Å². The van der Waals surface area contributed by atoms with Crippen molar-refractivity contribution in [1.82, 2.24) is 4.98 Å². The van der Waals surface area contributed by atoms with Crippen molar-refractivity contribution in [2.24, 2.45) is 0 Å². The Morgan fingerprint density at radius 1 is 0.739 bits per heavy atom. The van der Waals surface area contributed by atoms with Crippen LogP contribution in [0.3, 0.4) is 0 Å². The molecule has 5 rings (SSSR count). The maximum absolute atomic E-state index is 3.59. The van der Waals surface area contributed by atoms with Crippen LogP contribution < -0.4 is 0 Å². The van der Waals surface area contributed by atoms with Gasteiger partial charge in [-0.15, -0.1) is 11.3 Å². The molecule has 0 aliphatic carbocycles. The minimum absolute atomic E-state index is 1.20. The van der Waals surface area contributed by atoms with Crippen molar-refractivity contribution in [3.8, 4) is 11.1 Å². The lowest BCUT2D eigenvalue weighted by Crippen LogP contribution is -1.83. The maximum Gasteiger partial charge on any atom is 0.0472 e. The van der Waals surface area contributed by atoms with Crippen molar-refractivity contribution in [2.75, 3.05) is 0 Å². The van der Waals surface area contributed by atoms with Crippen LogP contribution in [0.4, 0.5) is 0 Å². The zero-order valence-electron chi connectivity index (χ0n) is 12.1. The van der Waals surface area contributed by atoms with E-state index in [0.29, 0.717) is 0 Å². The zero-order valence-corrected chi connectivity index (χ0v) is 15.1. The van der Waals surface area contributed by atoms with Gasteiger partial charge in [0, 0.05) is 35.5 Å². The van der Waals surface area contributed by atoms with E-state index < -0.39 is 0 Å². The Morgan fingerprint density at radius 2 is 1.57 bits per heavy atom. The molecule has 0 aliphatic rings. The van der Waals surface area contributed by atoms with E-state index in [1.54, 1.807) is 11.3 Å². The number of hydrogen-bond acceptors (Lipinski definition) is 1. The van der Waals surface area contributed by atoms with Crippen LogP contribution in [0.5, 0.6) is 0 Å². The highest BCUT2D eigenvalue weighted by Crippen LogP contribution is 2.40. The number of aromatic nitrogens is 1. The second kappa shape index (κ2) is 5.08. The van der Waals surface area contributed by atoms with Gasteiger partial charge in [0.1, 0.15) is 0 Å². The standard InChI is InChI=1S/C20H12INS/c21-15-6-2-1-4-12(15)13-5-3-7-16-19(13)20-14-10-11-23-18(14)9-8-17(20)22-16/h1-11,22H. The van der Waals surface area contributed by atoms with E-state index >= 15 is 0 Å². The molecule has 0 atom stereocenters. The molecule has 0 fully saturated rings. The van der Waals surface area contributed by atoms with E-state index in [0.717, 1.165) is 0 Å². The van der Waals surface area contributed by atoms with E-state index in [4.69, 9.17) is 0 Å². The average Bonchev–Trinajstić information content (AvgIpc) is 3.18. The quantitative estimate of drug-likeness (QED) is 0.284. The van der Waals surface area contributed by atoms with Crippen LogP contribution in [0, 0.1) is 3.57 Å². The highest BCUT2D eigenvalue weighted by molar-refractivity contribution is 14.1. The first kappa shape index (κ1) is 13.6. The minimum atomic E-state index is 1.20. The Kier molecular flexibility index (Phi) is 3.00. The molecule has 1 nitrogen and oxygen atoms in total. The molecule has 0 saturated carbocycles. The van der Waals surface area contributed by atoms with Gasteiger partial charge in [0.05, 0.1) is 0 Å². The first-order chi connectivity index (χ1) is 11.3. The third-order valence-electron chi connectivity index (χ3n) is 4.38. The zero-order chi connectivity index (χ0) is 15.4. The molecule has 0 radical (unpaired) electrons. The number of rotatable bonds is 1. The van der Waals surface area contributed by atoms with Gasteiger partial charge < -0.3 is 4.98 Å². The van der Waals surface area contributed by atoms with Crippen LogP contribution >= 0.6 is 33.9 Å². The summed E-state index contributed by atoms with van der Waals surface area (Å²) < 4.78 is 2.63. The molecule has 3 aromatic carbocycles. The fraction of sp³-hybridized carbons (Fsp3) is 0. The molecule has 0 spiro atoms. The largest absolute Gasteiger partial charge is 0.354 e. The molecular formula is C20H12INS. The van der Waals surface area contributed by atoms with Gasteiger partial charge >= 0.3 is 0 Å². The van der Waals surface area contributed by atoms with Crippen molar-refractivity contribution >= 4 is 65.8 Å². The van der Waals surface area contributed by atoms with E-state index in [2.05, 4.69) is 93.6 Å². The number of H-pyrrole nitrogens is 1. The molecule has 0 amide bonds. The lowest BCUT2D eigenvalue weighted by molar-refractivity contribution is 1.55. The maximum atomic E-state index is 3.59. The molecule has 0 unspecified atom stereocenters. The van der Waals surface area contributed by atoms with Crippen molar-refractivity contribution in [2.45, 2.75) is 0 Å². The second-order valence-corrected chi connectivity index (χ2v) is 7.76. The number of fused-ring (bicyclic) bond motifs is 5. The van der Waals surface area contributed by atoms with E-state index in [1.807, 2.05) is 0 Å². The normalized spacial score (nSPS) is 11.7. The lowest BCUT2D eigenvalue weighted by Gasteiger charge is -2.07. The highest BCUT2D eigenvalue weighted by Gasteiger charge is 2.14. The number of benzene rings is 3. The third-order valence-corrected chi connectivity index (χ3v) is 6.21. The number of aromatic amines is 1. The predicted molar refractivity (Wildman–Crippen MR) is 109 cm³/mol. The molecule has 3 heteroatoms. The fourth-order valence-electron chi connectivity index (χ4n) is 3.39. The summed E-state index contributed by atoms with van der Waals surface area (Å²) in [7, 11) is 0. The summed E-state index contributed by atoms with van der Waals surface area (Å²) >= 11 is 4.23. The Balaban J connectivity index is 2.03. The number of nitrogens with one attached hydrogen (secondary N) is 1. The van der Waals surface area contributed by atoms with Crippen LogP contribution in [0.25, 0.3) is 43.0 Å². The minimum Gasteiger partial charge on any atom is -0.354 e. The van der Waals surface area contributed by atoms with Crippen molar-refractivity contribution in [1.29, 1.82) is 0 Å². The number of halogens is 1. The van der Waals surface area contributed by atoms with Gasteiger partial charge in [-0.3, -0.25) is 0 Å². The van der Waals surface area contributed by atoms with E-state index in [9.17, 15) is 0 Å². The molecule has 5 aromatic rings. The van der Waals surface area contributed by atoms with Crippen molar-refractivity contribution in [3.63, 3.8) is 0 Å². The fourth-order valence-corrected chi connectivity index (χ4v) is 4.86. The smallest absolute Gasteiger partial charge is 0.0472 e. The summed E-state index contributed by atoms with van der Waals surface area (Å²) in [6, 6.07) is 21.8. The summed E-state index contributed by atoms with van der Waals surface area (Å²) in [5.41, 5.74) is 5.02. The summed E-state index contributed by atoms with van der Waals surface area (Å²) in [5.74, 6) is 0. The SMILES string of the molecule is Ic1ccccc1-c1cccc2[nH]c3ccc4sccc4c3c12. The molecule has 23 heavy (non-hydrogen) atoms. The van der Waals surface area contributed by atoms with Gasteiger partial charge in [0.2, 0.25) is 0 Å². The molecule has 110 valence electrons. The summed E-state index contributed by atoms with van der Waals surface area (Å²) in [6.45, 7) is 0. The molecule has 2 heterocycles. The number of thiophene rings is 1. The summed E-state index contributed by atoms with van der Waals surface area (Å²) in [4.78, 5) is 3.59. The first-order valence-corrected chi connectivity index (χ1v) is 9.44. The molecular weight excluding hydrogens is 413 g/mol. The van der Waals surface area contributed by atoms with Crippen molar-refractivity contribution < 1.29 is 0 Å². The van der Waals surface area contributed by atoms with Gasteiger partial charge in [0.15, 0.2) is 0 Å². The second-order valence-electron chi connectivity index (χ2n) is 5.65. The summed E-state index contributed by atoms with van der Waals surface area (Å²) in [6.07, 6.45) is 0. The van der Waals surface area contributed by atoms with E-state index in [-0.39, 0.29) is 0 Å². The molecule has 0 saturated heterocycles. The topological polar surface area (TPSA) is 15.8 Å². The van der Waals surface area contributed by atoms with Crippen LogP contribution in [-0.2, 0) is 0 Å². The summed E-state index contributed by atoms with van der Waals surface area (Å²) in [5, 5.41) is 6.19. The first-order valence-electron chi connectivity index (χ1n) is 7.48. The van der Waals surface area contributed by atoms with Gasteiger partial charge in [0.25, 0.3) is 0 Å². The van der Waals surface area contributed by atoms with Crippen LogP contribution in [0.15, 0.2) is 66.0 Å². The third kappa shape index (κ3) is 1.96. The Labute approximate surface area is 151 Å². The van der Waals surface area contributed by atoms with Gasteiger partial charge in [-0.2, -0.15) is 0 Å². The van der Waals surface area contributed by atoms with Gasteiger partial charge in [-0.25, -0.2) is 0 Å². The monoisotopic (exact) mass is 425 g/mol. The van der Waals surface area contributed by atoms with E-state index in [1.165, 1.54) is 46.6 Å². The Hall–Kier alpha value is -1.85. The molecule has 0 bridgehead atoms. The lowest BCUT2D eigenvalue weighted by atomic mass is 9.98. The van der Waals surface area contributed by atoms with Gasteiger partial charge in [-0.05, 0) is 69.4 Å². The van der Waals surface area contributed by atoms with Crippen LogP contribution in [-0.4, -0.2) is 4.98 Å². The predicted octanol–water partition coefficient (Wildman–Crippen LogP) is 6.81. The average molecular weight is 425 g/mol. The molecule has 1 N–H and O–H groups in total. The van der Waals surface area contributed by atoms with Crippen molar-refractivity contribution in [3.05, 3.63) is 69.6 Å². The number of hydrogen-bond donors (Lipinski definition) is 1. The molecule has 2 aromatic heterocycles. The van der Waals surface area contributed by atoms with Crippen LogP contribution in [0.2, 0.25) is 0 Å².